The monoisotopic (exact) mass is 205 g/mol. The van der Waals surface area contributed by atoms with Crippen LogP contribution in [0.3, 0.4) is 0 Å². The highest BCUT2D eigenvalue weighted by Gasteiger charge is 2.37. The Kier molecular flexibility index (Phi) is 2.79. The molecule has 3 atom stereocenters. The summed E-state index contributed by atoms with van der Waals surface area (Å²) in [4.78, 5) is 4.09. The highest BCUT2D eigenvalue weighted by atomic mass is 16.3. The normalized spacial score (nSPS) is 36.5. The van der Waals surface area contributed by atoms with Gasteiger partial charge in [0.2, 0.25) is 0 Å². The zero-order chi connectivity index (χ0) is 10.9. The molecule has 2 rings (SSSR count). The second-order valence-electron chi connectivity index (χ2n) is 4.97. The number of rotatable bonds is 1. The lowest BCUT2D eigenvalue weighted by Crippen LogP contribution is -2.35. The van der Waals surface area contributed by atoms with Crippen LogP contribution in [-0.2, 0) is 5.60 Å². The van der Waals surface area contributed by atoms with E-state index in [0.717, 1.165) is 30.7 Å². The van der Waals surface area contributed by atoms with Crippen LogP contribution in [0.4, 0.5) is 0 Å². The fourth-order valence-electron chi connectivity index (χ4n) is 2.49. The fourth-order valence-corrected chi connectivity index (χ4v) is 2.49. The number of aliphatic hydroxyl groups is 1. The van der Waals surface area contributed by atoms with Crippen LogP contribution in [0.1, 0.15) is 38.7 Å². The van der Waals surface area contributed by atoms with E-state index in [9.17, 15) is 5.11 Å². The van der Waals surface area contributed by atoms with Crippen LogP contribution in [0.2, 0.25) is 0 Å². The first-order valence-electron chi connectivity index (χ1n) is 5.75. The van der Waals surface area contributed by atoms with Gasteiger partial charge in [0.25, 0.3) is 0 Å². The van der Waals surface area contributed by atoms with Crippen molar-refractivity contribution < 1.29 is 5.11 Å². The lowest BCUT2D eigenvalue weighted by molar-refractivity contribution is -0.0338. The van der Waals surface area contributed by atoms with Crippen molar-refractivity contribution in [2.45, 2.75) is 38.7 Å². The summed E-state index contributed by atoms with van der Waals surface area (Å²) in [6.07, 6.45) is 6.38. The maximum Gasteiger partial charge on any atom is 0.0914 e. The Hall–Kier alpha value is -0.890. The van der Waals surface area contributed by atoms with Crippen molar-refractivity contribution in [2.24, 2.45) is 11.8 Å². The molecule has 1 aromatic heterocycles. The predicted octanol–water partition coefficient (Wildman–Crippen LogP) is 2.73. The molecular weight excluding hydrogens is 186 g/mol. The third-order valence-corrected chi connectivity index (χ3v) is 3.84. The van der Waals surface area contributed by atoms with Gasteiger partial charge in [-0.25, -0.2) is 0 Å². The minimum absolute atomic E-state index is 0.587. The van der Waals surface area contributed by atoms with Crippen LogP contribution in [0.15, 0.2) is 24.5 Å². The van der Waals surface area contributed by atoms with E-state index in [4.69, 9.17) is 0 Å². The molecule has 1 fully saturated rings. The summed E-state index contributed by atoms with van der Waals surface area (Å²) in [7, 11) is 0. The van der Waals surface area contributed by atoms with Gasteiger partial charge in [0.05, 0.1) is 5.60 Å². The quantitative estimate of drug-likeness (QED) is 0.764. The Bertz CT molecular complexity index is 325. The molecule has 1 saturated carbocycles. The maximum atomic E-state index is 10.6. The molecule has 15 heavy (non-hydrogen) atoms. The zero-order valence-corrected chi connectivity index (χ0v) is 9.48. The van der Waals surface area contributed by atoms with Crippen LogP contribution in [0.5, 0.6) is 0 Å². The van der Waals surface area contributed by atoms with Gasteiger partial charge < -0.3 is 5.11 Å². The lowest BCUT2D eigenvalue weighted by Gasteiger charge is -2.39. The van der Waals surface area contributed by atoms with E-state index in [0.29, 0.717) is 5.92 Å². The van der Waals surface area contributed by atoms with Gasteiger partial charge in [-0.3, -0.25) is 4.98 Å². The number of hydrogen-bond donors (Lipinski definition) is 1. The van der Waals surface area contributed by atoms with Crippen molar-refractivity contribution in [1.82, 2.24) is 4.98 Å². The molecule has 1 aliphatic carbocycles. The second-order valence-corrected chi connectivity index (χ2v) is 4.97. The molecule has 0 aromatic carbocycles. The average molecular weight is 205 g/mol. The summed E-state index contributed by atoms with van der Waals surface area (Å²) in [6.45, 7) is 4.50. The summed E-state index contributed by atoms with van der Waals surface area (Å²) < 4.78 is 0. The van der Waals surface area contributed by atoms with Crippen LogP contribution < -0.4 is 0 Å². The molecule has 2 heteroatoms. The topological polar surface area (TPSA) is 33.1 Å². The Balaban J connectivity index is 2.21. The van der Waals surface area contributed by atoms with Gasteiger partial charge >= 0.3 is 0 Å². The summed E-state index contributed by atoms with van der Waals surface area (Å²) in [5.41, 5.74) is 0.337. The second kappa shape index (κ2) is 3.93. The van der Waals surface area contributed by atoms with Crippen LogP contribution >= 0.6 is 0 Å². The highest BCUT2D eigenvalue weighted by molar-refractivity contribution is 5.19. The maximum absolute atomic E-state index is 10.6. The van der Waals surface area contributed by atoms with Crippen molar-refractivity contribution in [2.75, 3.05) is 0 Å². The third kappa shape index (κ3) is 2.05. The molecule has 0 spiro atoms. The van der Waals surface area contributed by atoms with Gasteiger partial charge in [0.15, 0.2) is 0 Å². The molecule has 3 unspecified atom stereocenters. The largest absolute Gasteiger partial charge is 0.385 e. The number of aromatic nitrogens is 1. The molecule has 0 saturated heterocycles. The molecule has 82 valence electrons. The molecule has 1 aliphatic rings. The molecule has 0 aliphatic heterocycles. The Labute approximate surface area is 91.4 Å². The van der Waals surface area contributed by atoms with Gasteiger partial charge in [-0.2, -0.15) is 0 Å². The van der Waals surface area contributed by atoms with E-state index in [1.54, 1.807) is 12.4 Å². The van der Waals surface area contributed by atoms with Crippen molar-refractivity contribution in [3.05, 3.63) is 30.1 Å². The molecule has 1 aromatic rings. The van der Waals surface area contributed by atoms with E-state index < -0.39 is 5.60 Å². The van der Waals surface area contributed by atoms with E-state index in [1.165, 1.54) is 0 Å². The van der Waals surface area contributed by atoms with Crippen LogP contribution in [0.25, 0.3) is 0 Å². The number of nitrogens with zero attached hydrogens (tertiary/aromatic N) is 1. The molecule has 0 radical (unpaired) electrons. The van der Waals surface area contributed by atoms with Gasteiger partial charge in [0.1, 0.15) is 0 Å². The van der Waals surface area contributed by atoms with Crippen molar-refractivity contribution in [3.63, 3.8) is 0 Å². The molecule has 1 heterocycles. The number of pyridine rings is 1. The van der Waals surface area contributed by atoms with E-state index >= 15 is 0 Å². The van der Waals surface area contributed by atoms with E-state index in [-0.39, 0.29) is 0 Å². The van der Waals surface area contributed by atoms with Crippen LogP contribution in [0, 0.1) is 11.8 Å². The minimum Gasteiger partial charge on any atom is -0.385 e. The first-order chi connectivity index (χ1) is 7.12. The smallest absolute Gasteiger partial charge is 0.0914 e. The van der Waals surface area contributed by atoms with E-state index in [1.807, 2.05) is 12.1 Å². The standard InChI is InChI=1S/C13H19NO/c1-10-5-6-13(15,8-11(10)2)12-4-3-7-14-9-12/h3-4,7,9-11,15H,5-6,8H2,1-2H3. The molecule has 0 amide bonds. The zero-order valence-electron chi connectivity index (χ0n) is 9.48. The van der Waals surface area contributed by atoms with Crippen molar-refractivity contribution >= 4 is 0 Å². The molecule has 0 bridgehead atoms. The number of hydrogen-bond acceptors (Lipinski definition) is 2. The molecule has 2 nitrogen and oxygen atoms in total. The first kappa shape index (κ1) is 10.6. The van der Waals surface area contributed by atoms with Gasteiger partial charge in [0, 0.05) is 18.0 Å². The molecule has 1 N–H and O–H groups in total. The fraction of sp³-hybridized carbons (Fsp3) is 0.615. The Morgan fingerprint density at radius 3 is 2.80 bits per heavy atom. The highest BCUT2D eigenvalue weighted by Crippen LogP contribution is 2.41. The SMILES string of the molecule is CC1CCC(O)(c2cccnc2)CC1C. The lowest BCUT2D eigenvalue weighted by atomic mass is 9.71. The summed E-state index contributed by atoms with van der Waals surface area (Å²) in [5.74, 6) is 1.31. The van der Waals surface area contributed by atoms with Gasteiger partial charge in [-0.1, -0.05) is 19.9 Å². The third-order valence-electron chi connectivity index (χ3n) is 3.84. The summed E-state index contributed by atoms with van der Waals surface area (Å²) in [5, 5.41) is 10.6. The predicted molar refractivity (Wildman–Crippen MR) is 60.3 cm³/mol. The Morgan fingerprint density at radius 2 is 2.20 bits per heavy atom. The average Bonchev–Trinajstić information content (AvgIpc) is 2.26. The van der Waals surface area contributed by atoms with Gasteiger partial charge in [-0.15, -0.1) is 0 Å². The van der Waals surface area contributed by atoms with Crippen LogP contribution in [-0.4, -0.2) is 10.1 Å². The summed E-state index contributed by atoms with van der Waals surface area (Å²) in [6, 6.07) is 3.88. The summed E-state index contributed by atoms with van der Waals surface area (Å²) >= 11 is 0. The Morgan fingerprint density at radius 1 is 1.40 bits per heavy atom. The van der Waals surface area contributed by atoms with Gasteiger partial charge in [-0.05, 0) is 37.2 Å². The van der Waals surface area contributed by atoms with E-state index in [2.05, 4.69) is 18.8 Å². The van der Waals surface area contributed by atoms with Crippen molar-refractivity contribution in [1.29, 1.82) is 0 Å². The van der Waals surface area contributed by atoms with Crippen molar-refractivity contribution in [3.8, 4) is 0 Å². The minimum atomic E-state index is -0.639. The first-order valence-corrected chi connectivity index (χ1v) is 5.75. The molecular formula is C13H19NO.